The van der Waals surface area contributed by atoms with E-state index >= 15 is 0 Å². The minimum atomic E-state index is 0.553. The van der Waals surface area contributed by atoms with Crippen LogP contribution in [0.4, 0.5) is 0 Å². The lowest BCUT2D eigenvalue weighted by Crippen LogP contribution is -1.95. The highest BCUT2D eigenvalue weighted by atomic mass is 16.5. The van der Waals surface area contributed by atoms with Crippen LogP contribution in [0.1, 0.15) is 22.3 Å². The first kappa shape index (κ1) is 20.9. The van der Waals surface area contributed by atoms with E-state index < -0.39 is 0 Å². The number of hydrogen-bond donors (Lipinski definition) is 0. The summed E-state index contributed by atoms with van der Waals surface area (Å²) in [5, 5.41) is 2.25. The van der Waals surface area contributed by atoms with Crippen molar-refractivity contribution in [2.75, 3.05) is 21.3 Å². The molecule has 0 N–H and O–H groups in total. The largest absolute Gasteiger partial charge is 0.493 e. The monoisotopic (exact) mass is 418 g/mol. The van der Waals surface area contributed by atoms with Gasteiger partial charge in [0.05, 0.1) is 21.3 Å². The molecule has 0 heterocycles. The molecule has 0 bridgehead atoms. The summed E-state index contributed by atoms with van der Waals surface area (Å²) in [5.74, 6) is 14.6. The summed E-state index contributed by atoms with van der Waals surface area (Å²) in [5.41, 5.74) is 3.70. The predicted octanol–water partition coefficient (Wildman–Crippen LogP) is 5.67. The molecule has 0 aliphatic rings. The third kappa shape index (κ3) is 4.69. The summed E-state index contributed by atoms with van der Waals surface area (Å²) in [7, 11) is 4.77. The number of fused-ring (bicyclic) bond motifs is 1. The molecule has 0 unspecified atom stereocenters. The van der Waals surface area contributed by atoms with Crippen LogP contribution in [0.2, 0.25) is 0 Å². The molecule has 0 fully saturated rings. The van der Waals surface area contributed by atoms with Gasteiger partial charge in [-0.3, -0.25) is 0 Å². The van der Waals surface area contributed by atoms with E-state index in [2.05, 4.69) is 47.9 Å². The lowest BCUT2D eigenvalue weighted by Gasteiger charge is -2.12. The van der Waals surface area contributed by atoms with Crippen molar-refractivity contribution in [1.29, 1.82) is 0 Å². The summed E-state index contributed by atoms with van der Waals surface area (Å²) >= 11 is 0. The minimum Gasteiger partial charge on any atom is -0.493 e. The molecule has 3 nitrogen and oxygen atoms in total. The number of ether oxygens (including phenoxy) is 3. The third-order valence-corrected chi connectivity index (χ3v) is 4.98. The van der Waals surface area contributed by atoms with Gasteiger partial charge in [0.15, 0.2) is 11.5 Å². The molecule has 0 atom stereocenters. The molecule has 4 aromatic carbocycles. The van der Waals surface area contributed by atoms with Gasteiger partial charge in [0.2, 0.25) is 5.75 Å². The van der Waals surface area contributed by atoms with E-state index in [1.54, 1.807) is 21.3 Å². The summed E-state index contributed by atoms with van der Waals surface area (Å²) in [6.07, 6.45) is 0. The van der Waals surface area contributed by atoms with E-state index in [1.807, 2.05) is 54.6 Å². The Morgan fingerprint density at radius 2 is 0.969 bits per heavy atom. The van der Waals surface area contributed by atoms with Crippen LogP contribution in [0.5, 0.6) is 17.2 Å². The zero-order valence-corrected chi connectivity index (χ0v) is 18.2. The van der Waals surface area contributed by atoms with Gasteiger partial charge in [-0.05, 0) is 59.3 Å². The first-order chi connectivity index (χ1) is 15.7. The molecule has 0 saturated heterocycles. The Balaban J connectivity index is 1.61. The molecular weight excluding hydrogens is 396 g/mol. The standard InChI is InChI=1S/C29H22O3/c1-30-27-19-24(20-28(31-2)29(27)32-3)12-11-23-14-16-25-17-22(13-15-26(25)18-23)10-9-21-7-5-4-6-8-21/h4-8,13-20H,1-3H3. The Hall–Kier alpha value is -4.34. The first-order valence-electron chi connectivity index (χ1n) is 10.1. The van der Waals surface area contributed by atoms with Gasteiger partial charge < -0.3 is 14.2 Å². The molecule has 0 saturated carbocycles. The van der Waals surface area contributed by atoms with Gasteiger partial charge >= 0.3 is 0 Å². The second-order valence-corrected chi connectivity index (χ2v) is 7.06. The van der Waals surface area contributed by atoms with Crippen molar-refractivity contribution in [2.45, 2.75) is 0 Å². The molecule has 4 aromatic rings. The Bertz CT molecular complexity index is 1360. The van der Waals surface area contributed by atoms with Gasteiger partial charge in [0.1, 0.15) is 0 Å². The zero-order chi connectivity index (χ0) is 22.3. The molecule has 0 aliphatic carbocycles. The van der Waals surface area contributed by atoms with Gasteiger partial charge in [-0.15, -0.1) is 0 Å². The smallest absolute Gasteiger partial charge is 0.203 e. The Labute approximate surface area is 188 Å². The van der Waals surface area contributed by atoms with Gasteiger partial charge in [-0.25, -0.2) is 0 Å². The van der Waals surface area contributed by atoms with E-state index in [1.165, 1.54) is 0 Å². The van der Waals surface area contributed by atoms with Crippen molar-refractivity contribution in [3.8, 4) is 40.9 Å². The predicted molar refractivity (Wildman–Crippen MR) is 128 cm³/mol. The molecule has 0 aliphatic heterocycles. The first-order valence-corrected chi connectivity index (χ1v) is 10.1. The molecule has 3 heteroatoms. The van der Waals surface area contributed by atoms with Crippen LogP contribution >= 0.6 is 0 Å². The summed E-state index contributed by atoms with van der Waals surface area (Å²) < 4.78 is 16.2. The van der Waals surface area contributed by atoms with Crippen LogP contribution in [0.25, 0.3) is 10.8 Å². The maximum absolute atomic E-state index is 5.40. The van der Waals surface area contributed by atoms with Gasteiger partial charge in [-0.2, -0.15) is 0 Å². The van der Waals surface area contributed by atoms with Crippen molar-refractivity contribution in [3.63, 3.8) is 0 Å². The van der Waals surface area contributed by atoms with E-state index in [4.69, 9.17) is 14.2 Å². The third-order valence-electron chi connectivity index (χ3n) is 4.98. The van der Waals surface area contributed by atoms with Crippen molar-refractivity contribution in [1.82, 2.24) is 0 Å². The van der Waals surface area contributed by atoms with E-state index in [0.717, 1.165) is 33.0 Å². The maximum Gasteiger partial charge on any atom is 0.203 e. The van der Waals surface area contributed by atoms with Crippen LogP contribution in [0, 0.1) is 23.7 Å². The van der Waals surface area contributed by atoms with Crippen molar-refractivity contribution < 1.29 is 14.2 Å². The molecular formula is C29H22O3. The Kier molecular flexibility index (Phi) is 6.30. The van der Waals surface area contributed by atoms with E-state index in [-0.39, 0.29) is 0 Å². The highest BCUT2D eigenvalue weighted by Gasteiger charge is 2.12. The van der Waals surface area contributed by atoms with Crippen molar-refractivity contribution >= 4 is 10.8 Å². The average Bonchev–Trinajstić information content (AvgIpc) is 2.85. The topological polar surface area (TPSA) is 27.7 Å². The summed E-state index contributed by atoms with van der Waals surface area (Å²) in [4.78, 5) is 0. The second kappa shape index (κ2) is 9.65. The van der Waals surface area contributed by atoms with Gasteiger partial charge in [-0.1, -0.05) is 54.0 Å². The number of hydrogen-bond acceptors (Lipinski definition) is 3. The molecule has 0 radical (unpaired) electrons. The quantitative estimate of drug-likeness (QED) is 0.402. The van der Waals surface area contributed by atoms with E-state index in [9.17, 15) is 0 Å². The number of rotatable bonds is 3. The highest BCUT2D eigenvalue weighted by molar-refractivity contribution is 5.85. The lowest BCUT2D eigenvalue weighted by atomic mass is 10.0. The van der Waals surface area contributed by atoms with Gasteiger partial charge in [0.25, 0.3) is 0 Å². The van der Waals surface area contributed by atoms with Crippen molar-refractivity contribution in [2.24, 2.45) is 0 Å². The lowest BCUT2D eigenvalue weighted by molar-refractivity contribution is 0.324. The van der Waals surface area contributed by atoms with Crippen molar-refractivity contribution in [3.05, 3.63) is 101 Å². The second-order valence-electron chi connectivity index (χ2n) is 7.06. The summed E-state index contributed by atoms with van der Waals surface area (Å²) in [6, 6.07) is 26.0. The Morgan fingerprint density at radius 3 is 1.47 bits per heavy atom. The van der Waals surface area contributed by atoms with Crippen LogP contribution in [0.15, 0.2) is 78.9 Å². The van der Waals surface area contributed by atoms with E-state index in [0.29, 0.717) is 17.2 Å². The molecule has 156 valence electrons. The van der Waals surface area contributed by atoms with Crippen LogP contribution in [-0.2, 0) is 0 Å². The molecule has 4 rings (SSSR count). The fraction of sp³-hybridized carbons (Fsp3) is 0.103. The molecule has 0 aromatic heterocycles. The molecule has 0 spiro atoms. The molecule has 32 heavy (non-hydrogen) atoms. The fourth-order valence-corrected chi connectivity index (χ4v) is 3.36. The summed E-state index contributed by atoms with van der Waals surface area (Å²) in [6.45, 7) is 0. The van der Waals surface area contributed by atoms with Crippen LogP contribution in [-0.4, -0.2) is 21.3 Å². The maximum atomic E-state index is 5.40. The van der Waals surface area contributed by atoms with Crippen LogP contribution in [0.3, 0.4) is 0 Å². The fourth-order valence-electron chi connectivity index (χ4n) is 3.36. The molecule has 0 amide bonds. The normalized spacial score (nSPS) is 9.84. The Morgan fingerprint density at radius 1 is 0.469 bits per heavy atom. The average molecular weight is 418 g/mol. The zero-order valence-electron chi connectivity index (χ0n) is 18.2. The van der Waals surface area contributed by atoms with Gasteiger partial charge in [0, 0.05) is 22.3 Å². The highest BCUT2D eigenvalue weighted by Crippen LogP contribution is 2.37. The minimum absolute atomic E-state index is 0.553. The SMILES string of the molecule is COc1cc(C#Cc2ccc3cc(C#Cc4ccccc4)ccc3c2)cc(OC)c1OC. The number of benzene rings is 4. The number of methoxy groups -OCH3 is 3. The van der Waals surface area contributed by atoms with Crippen LogP contribution < -0.4 is 14.2 Å².